The normalized spacial score (nSPS) is 23.7. The molecule has 18 heavy (non-hydrogen) atoms. The summed E-state index contributed by atoms with van der Waals surface area (Å²) >= 11 is 2.80. The molecule has 0 fully saturated rings. The summed E-state index contributed by atoms with van der Waals surface area (Å²) in [6.45, 7) is 0. The second-order valence-corrected chi connectivity index (χ2v) is 4.05. The molecule has 0 amide bonds. The molecule has 2 heterocycles. The summed E-state index contributed by atoms with van der Waals surface area (Å²) in [7, 11) is 0. The van der Waals surface area contributed by atoms with Crippen LogP contribution >= 0.6 is 15.9 Å². The lowest BCUT2D eigenvalue weighted by molar-refractivity contribution is -0.228. The number of hydroxylamine groups is 2. The molecule has 1 atom stereocenters. The van der Waals surface area contributed by atoms with Crippen molar-refractivity contribution in [3.63, 3.8) is 0 Å². The Morgan fingerprint density at radius 3 is 2.56 bits per heavy atom. The molecular weight excluding hydrogens is 323 g/mol. The topological polar surface area (TPSA) is 105 Å². The summed E-state index contributed by atoms with van der Waals surface area (Å²) in [5.74, 6) is -1.33. The second-order valence-electron chi connectivity index (χ2n) is 3.26. The lowest BCUT2D eigenvalue weighted by Crippen LogP contribution is -2.39. The van der Waals surface area contributed by atoms with Gasteiger partial charge in [-0.1, -0.05) is 0 Å². The van der Waals surface area contributed by atoms with Gasteiger partial charge in [0.05, 0.1) is 0 Å². The zero-order valence-electron chi connectivity index (χ0n) is 8.22. The van der Waals surface area contributed by atoms with Crippen LogP contribution in [0.3, 0.4) is 0 Å². The quantitative estimate of drug-likeness (QED) is 0.516. The monoisotopic (exact) mass is 325 g/mol. The van der Waals surface area contributed by atoms with E-state index in [9.17, 15) is 23.5 Å². The van der Waals surface area contributed by atoms with Crippen molar-refractivity contribution in [3.05, 3.63) is 15.7 Å². The number of dihydropyridines is 1. The van der Waals surface area contributed by atoms with Gasteiger partial charge in [0.15, 0.2) is 5.84 Å². The molecule has 1 unspecified atom stereocenters. The molecule has 0 aromatic heterocycles. The Hall–Kier alpha value is -1.71. The van der Waals surface area contributed by atoms with E-state index in [0.29, 0.717) is 0 Å². The van der Waals surface area contributed by atoms with Crippen LogP contribution in [-0.4, -0.2) is 50.0 Å². The Morgan fingerprint density at radius 1 is 1.44 bits per heavy atom. The molecule has 2 rings (SSSR count). The lowest BCUT2D eigenvalue weighted by atomic mass is 10.2. The number of aliphatic imine (C=N–C) groups is 2. The highest BCUT2D eigenvalue weighted by atomic mass is 79.9. The number of nitrogens with zero attached hydrogens (tertiary/aromatic N) is 5. The zero-order chi connectivity index (χ0) is 13.7. The Bertz CT molecular complexity index is 560. The van der Waals surface area contributed by atoms with E-state index in [0.717, 1.165) is 0 Å². The third-order valence-corrected chi connectivity index (χ3v) is 2.90. The van der Waals surface area contributed by atoms with Crippen LogP contribution in [0.2, 0.25) is 0 Å². The number of hydrogen-bond donors (Lipinski definition) is 2. The molecule has 0 radical (unpaired) electrons. The number of hydrogen-bond acceptors (Lipinski definition) is 4. The molecular formula is C7H3BrF3N5O2. The molecule has 11 heteroatoms. The fourth-order valence-electron chi connectivity index (χ4n) is 1.40. The van der Waals surface area contributed by atoms with Crippen LogP contribution in [0, 0.1) is 0 Å². The number of rotatable bonds is 0. The molecule has 0 spiro atoms. The van der Waals surface area contributed by atoms with Crippen LogP contribution in [0.15, 0.2) is 20.2 Å². The predicted octanol–water partition coefficient (Wildman–Crippen LogP) is 1.23. The maximum absolute atomic E-state index is 12.5. The third kappa shape index (κ3) is 1.72. The molecule has 2 N–H and O–H groups in total. The summed E-state index contributed by atoms with van der Waals surface area (Å²) in [5, 5.41) is 18.5. The summed E-state index contributed by atoms with van der Waals surface area (Å²) in [6.07, 6.45) is -7.34. The van der Waals surface area contributed by atoms with Crippen LogP contribution in [0.1, 0.15) is 0 Å². The largest absolute Gasteiger partial charge is 0.488 e. The van der Waals surface area contributed by atoms with Crippen LogP contribution in [0.25, 0.3) is 5.53 Å². The van der Waals surface area contributed by atoms with Crippen molar-refractivity contribution in [1.29, 1.82) is 0 Å². The number of amidine groups is 1. The van der Waals surface area contributed by atoms with Crippen LogP contribution < -0.4 is 0 Å². The van der Waals surface area contributed by atoms with Crippen molar-refractivity contribution in [1.82, 2.24) is 5.06 Å². The number of halogens is 4. The standard InChI is InChI=1S/C7H3BrF3N5O2/c8-1-2(15-12)5(17)13-4-3(1)16(18)6(14-4)7(9,10)11/h6,18H,(H,13,14,17). The average Bonchev–Trinajstić information content (AvgIpc) is 2.55. The van der Waals surface area contributed by atoms with Crippen molar-refractivity contribution in [2.24, 2.45) is 9.98 Å². The maximum atomic E-state index is 12.5. The summed E-state index contributed by atoms with van der Waals surface area (Å²) in [6, 6.07) is 0. The van der Waals surface area contributed by atoms with Gasteiger partial charge in [-0.2, -0.15) is 23.0 Å². The first-order valence-electron chi connectivity index (χ1n) is 4.30. The Morgan fingerprint density at radius 2 is 2.06 bits per heavy atom. The molecule has 0 aliphatic carbocycles. The first-order valence-corrected chi connectivity index (χ1v) is 5.10. The van der Waals surface area contributed by atoms with Gasteiger partial charge in [0.1, 0.15) is 10.2 Å². The van der Waals surface area contributed by atoms with Crippen LogP contribution in [0.4, 0.5) is 13.2 Å². The van der Waals surface area contributed by atoms with E-state index in [2.05, 4.69) is 30.7 Å². The highest BCUT2D eigenvalue weighted by Gasteiger charge is 2.52. The summed E-state index contributed by atoms with van der Waals surface area (Å²) in [4.78, 5) is 9.08. The van der Waals surface area contributed by atoms with Gasteiger partial charge in [0.25, 0.3) is 0 Å². The fraction of sp³-hybridized carbons (Fsp3) is 0.286. The van der Waals surface area contributed by atoms with E-state index >= 15 is 0 Å². The number of aliphatic hydroxyl groups is 1. The van der Waals surface area contributed by atoms with Gasteiger partial charge in [-0.15, -0.1) is 0 Å². The van der Waals surface area contributed by atoms with E-state index in [-0.39, 0.29) is 9.55 Å². The summed E-state index contributed by atoms with van der Waals surface area (Å²) < 4.78 is 37.3. The van der Waals surface area contributed by atoms with Crippen molar-refractivity contribution < 1.29 is 28.3 Å². The minimum atomic E-state index is -4.82. The highest BCUT2D eigenvalue weighted by molar-refractivity contribution is 9.12. The predicted molar refractivity (Wildman–Crippen MR) is 55.5 cm³/mol. The van der Waals surface area contributed by atoms with E-state index in [4.69, 9.17) is 5.53 Å². The van der Waals surface area contributed by atoms with E-state index in [1.807, 2.05) is 0 Å². The Balaban J connectivity index is 2.58. The minimum absolute atomic E-state index is 0.166. The average molecular weight is 326 g/mol. The molecule has 7 nitrogen and oxygen atoms in total. The van der Waals surface area contributed by atoms with Crippen LogP contribution in [0.5, 0.6) is 0 Å². The molecule has 0 bridgehead atoms. The van der Waals surface area contributed by atoms with Gasteiger partial charge in [-0.3, -0.25) is 5.21 Å². The van der Waals surface area contributed by atoms with E-state index < -0.39 is 35.5 Å². The Labute approximate surface area is 105 Å². The number of fused-ring (bicyclic) bond motifs is 1. The first kappa shape index (κ1) is 12.7. The minimum Gasteiger partial charge on any atom is -0.488 e. The molecule has 0 aromatic carbocycles. The molecule has 96 valence electrons. The van der Waals surface area contributed by atoms with Crippen LogP contribution in [-0.2, 0) is 0 Å². The van der Waals surface area contributed by atoms with E-state index in [1.54, 1.807) is 0 Å². The smallest absolute Gasteiger partial charge is 0.431 e. The first-order chi connectivity index (χ1) is 8.27. The second kappa shape index (κ2) is 3.90. The van der Waals surface area contributed by atoms with Crippen molar-refractivity contribution in [2.45, 2.75) is 12.3 Å². The Kier molecular flexibility index (Phi) is 2.76. The van der Waals surface area contributed by atoms with Gasteiger partial charge in [-0.25, -0.2) is 10.1 Å². The maximum Gasteiger partial charge on any atom is 0.431 e. The lowest BCUT2D eigenvalue weighted by Gasteiger charge is -2.21. The SMILES string of the molecule is [N-]=[N+]=C1C(O)=NC2=NC(C(F)(F)F)N(O)C2=C1Br. The van der Waals surface area contributed by atoms with Crippen molar-refractivity contribution in [2.75, 3.05) is 0 Å². The van der Waals surface area contributed by atoms with Crippen molar-refractivity contribution in [3.8, 4) is 0 Å². The fourth-order valence-corrected chi connectivity index (χ4v) is 2.02. The number of aliphatic hydroxyl groups excluding tert-OH is 1. The van der Waals surface area contributed by atoms with Gasteiger partial charge in [0, 0.05) is 0 Å². The molecule has 2 aliphatic heterocycles. The molecule has 0 saturated carbocycles. The van der Waals surface area contributed by atoms with Gasteiger partial charge < -0.3 is 10.6 Å². The zero-order valence-corrected chi connectivity index (χ0v) is 9.81. The highest BCUT2D eigenvalue weighted by Crippen LogP contribution is 2.36. The third-order valence-electron chi connectivity index (χ3n) is 2.15. The molecule has 0 saturated heterocycles. The van der Waals surface area contributed by atoms with Gasteiger partial charge in [0.2, 0.25) is 6.17 Å². The molecule has 2 aliphatic rings. The van der Waals surface area contributed by atoms with Gasteiger partial charge >= 0.3 is 17.8 Å². The van der Waals surface area contributed by atoms with E-state index in [1.165, 1.54) is 0 Å². The van der Waals surface area contributed by atoms with Gasteiger partial charge in [-0.05, 0) is 15.9 Å². The van der Waals surface area contributed by atoms with Crippen molar-refractivity contribution >= 4 is 33.4 Å². The summed E-state index contributed by atoms with van der Waals surface area (Å²) in [5.41, 5.74) is 7.63. The number of alkyl halides is 3. The molecule has 0 aromatic rings.